The first-order chi connectivity index (χ1) is 14.9. The molecule has 1 aromatic heterocycles. The number of likely N-dealkylation sites (tertiary alicyclic amines) is 1. The number of aromatic nitrogens is 2. The molecule has 164 valence electrons. The van der Waals surface area contributed by atoms with Crippen molar-refractivity contribution in [1.82, 2.24) is 14.5 Å². The van der Waals surface area contributed by atoms with Crippen LogP contribution < -0.4 is 0 Å². The lowest BCUT2D eigenvalue weighted by Crippen LogP contribution is -2.43. The molecule has 1 fully saturated rings. The summed E-state index contributed by atoms with van der Waals surface area (Å²) in [5.41, 5.74) is 2.89. The Balaban J connectivity index is 1.61. The van der Waals surface area contributed by atoms with Gasteiger partial charge in [-0.3, -0.25) is 0 Å². The van der Waals surface area contributed by atoms with Crippen molar-refractivity contribution in [2.45, 2.75) is 45.3 Å². The molecule has 3 aromatic rings. The number of nitrogens with zero attached hydrogens (tertiary/aromatic N) is 3. The van der Waals surface area contributed by atoms with Crippen LogP contribution in [-0.2, 0) is 4.74 Å². The standard InChI is InChI=1S/C25H30IN3O2/c1-25(2,3)31-24(30)28-15-13-18(14-16-28)22(17-26)29-21-12-8-7-11-20(21)27-23(29)19-9-5-4-6-10-19/h4-12,18,22H,13-17H2,1-3H3. The van der Waals surface area contributed by atoms with Gasteiger partial charge in [-0.2, -0.15) is 0 Å². The third-order valence-electron chi connectivity index (χ3n) is 5.85. The summed E-state index contributed by atoms with van der Waals surface area (Å²) in [6.07, 6.45) is 1.73. The van der Waals surface area contributed by atoms with Gasteiger partial charge in [-0.1, -0.05) is 65.1 Å². The van der Waals surface area contributed by atoms with E-state index >= 15 is 0 Å². The van der Waals surface area contributed by atoms with Gasteiger partial charge in [0.15, 0.2) is 0 Å². The number of hydrogen-bond donors (Lipinski definition) is 0. The van der Waals surface area contributed by atoms with Gasteiger partial charge < -0.3 is 14.2 Å². The van der Waals surface area contributed by atoms with Crippen LogP contribution in [0.5, 0.6) is 0 Å². The van der Waals surface area contributed by atoms with Crippen LogP contribution in [0.25, 0.3) is 22.4 Å². The van der Waals surface area contributed by atoms with Crippen molar-refractivity contribution in [3.8, 4) is 11.4 Å². The molecule has 5 nitrogen and oxygen atoms in total. The minimum Gasteiger partial charge on any atom is -0.444 e. The molecule has 0 spiro atoms. The molecule has 0 saturated carbocycles. The van der Waals surface area contributed by atoms with Gasteiger partial charge in [0, 0.05) is 29.1 Å². The zero-order valence-electron chi connectivity index (χ0n) is 18.4. The zero-order valence-corrected chi connectivity index (χ0v) is 20.6. The Morgan fingerprint density at radius 3 is 2.39 bits per heavy atom. The van der Waals surface area contributed by atoms with Gasteiger partial charge in [0.05, 0.1) is 11.0 Å². The fourth-order valence-electron chi connectivity index (χ4n) is 4.37. The van der Waals surface area contributed by atoms with Gasteiger partial charge in [-0.15, -0.1) is 0 Å². The quantitative estimate of drug-likeness (QED) is 0.292. The number of benzene rings is 2. The van der Waals surface area contributed by atoms with Crippen molar-refractivity contribution in [1.29, 1.82) is 0 Å². The van der Waals surface area contributed by atoms with E-state index in [9.17, 15) is 4.79 Å². The topological polar surface area (TPSA) is 47.4 Å². The molecule has 1 unspecified atom stereocenters. The first-order valence-corrected chi connectivity index (χ1v) is 12.5. The minimum atomic E-state index is -0.459. The smallest absolute Gasteiger partial charge is 0.410 e. The summed E-state index contributed by atoms with van der Waals surface area (Å²) in [7, 11) is 0. The first-order valence-electron chi connectivity index (χ1n) is 10.9. The molecule has 1 aliphatic rings. The van der Waals surface area contributed by atoms with Crippen molar-refractivity contribution in [3.05, 3.63) is 54.6 Å². The molecule has 0 bridgehead atoms. The maximum absolute atomic E-state index is 12.5. The Bertz CT molecular complexity index is 1030. The van der Waals surface area contributed by atoms with Crippen LogP contribution in [0, 0.1) is 5.92 Å². The summed E-state index contributed by atoms with van der Waals surface area (Å²) in [5.74, 6) is 1.51. The van der Waals surface area contributed by atoms with Gasteiger partial charge in [0.25, 0.3) is 0 Å². The molecule has 1 amide bonds. The zero-order chi connectivity index (χ0) is 22.0. The van der Waals surface area contributed by atoms with E-state index < -0.39 is 5.60 Å². The fourth-order valence-corrected chi connectivity index (χ4v) is 5.48. The van der Waals surface area contributed by atoms with Crippen LogP contribution in [0.2, 0.25) is 0 Å². The molecule has 1 atom stereocenters. The highest BCUT2D eigenvalue weighted by Crippen LogP contribution is 2.37. The number of para-hydroxylation sites is 2. The molecule has 2 heterocycles. The number of halogens is 1. The maximum atomic E-state index is 12.5. The maximum Gasteiger partial charge on any atom is 0.410 e. The summed E-state index contributed by atoms with van der Waals surface area (Å²) >= 11 is 2.50. The summed E-state index contributed by atoms with van der Waals surface area (Å²) < 4.78 is 9.01. The van der Waals surface area contributed by atoms with Crippen molar-refractivity contribution >= 4 is 39.7 Å². The molecule has 1 saturated heterocycles. The van der Waals surface area contributed by atoms with Crippen molar-refractivity contribution < 1.29 is 9.53 Å². The van der Waals surface area contributed by atoms with Crippen molar-refractivity contribution in [2.75, 3.05) is 17.5 Å². The predicted octanol–water partition coefficient (Wildman–Crippen LogP) is 6.33. The van der Waals surface area contributed by atoms with Crippen LogP contribution in [0.4, 0.5) is 4.79 Å². The second-order valence-electron chi connectivity index (χ2n) is 9.19. The Hall–Kier alpha value is -2.09. The number of carbonyl (C=O) groups excluding carboxylic acids is 1. The molecule has 0 radical (unpaired) electrons. The lowest BCUT2D eigenvalue weighted by molar-refractivity contribution is 0.0168. The van der Waals surface area contributed by atoms with Gasteiger partial charge in [0.1, 0.15) is 11.4 Å². The molecule has 4 rings (SSSR count). The highest BCUT2D eigenvalue weighted by atomic mass is 127. The summed E-state index contributed by atoms with van der Waals surface area (Å²) in [6.45, 7) is 7.22. The Morgan fingerprint density at radius 2 is 1.74 bits per heavy atom. The molecule has 1 aliphatic heterocycles. The highest BCUT2D eigenvalue weighted by molar-refractivity contribution is 14.1. The van der Waals surface area contributed by atoms with Crippen LogP contribution in [-0.4, -0.2) is 43.7 Å². The molecule has 31 heavy (non-hydrogen) atoms. The van der Waals surface area contributed by atoms with Crippen LogP contribution in [0.3, 0.4) is 0 Å². The number of amides is 1. The largest absolute Gasteiger partial charge is 0.444 e. The number of piperidine rings is 1. The number of fused-ring (bicyclic) bond motifs is 1. The number of carbonyl (C=O) groups is 1. The lowest BCUT2D eigenvalue weighted by atomic mass is 9.90. The third-order valence-corrected chi connectivity index (χ3v) is 6.76. The molecular weight excluding hydrogens is 501 g/mol. The average Bonchev–Trinajstić information content (AvgIpc) is 3.14. The Kier molecular flexibility index (Phi) is 6.55. The molecule has 0 N–H and O–H groups in total. The van der Waals surface area contributed by atoms with Gasteiger partial charge in [0.2, 0.25) is 0 Å². The molecule has 6 heteroatoms. The van der Waals surface area contributed by atoms with Crippen LogP contribution in [0.15, 0.2) is 54.6 Å². The van der Waals surface area contributed by atoms with E-state index in [1.54, 1.807) is 0 Å². The van der Waals surface area contributed by atoms with Crippen molar-refractivity contribution in [3.63, 3.8) is 0 Å². The minimum absolute atomic E-state index is 0.199. The number of imidazole rings is 1. The van der Waals surface area contributed by atoms with E-state index in [-0.39, 0.29) is 6.09 Å². The number of ether oxygens (including phenoxy) is 1. The van der Waals surface area contributed by atoms with E-state index in [0.717, 1.165) is 47.3 Å². The van der Waals surface area contributed by atoms with Gasteiger partial charge >= 0.3 is 6.09 Å². The molecular formula is C25H30IN3O2. The monoisotopic (exact) mass is 531 g/mol. The second-order valence-corrected chi connectivity index (χ2v) is 10.1. The SMILES string of the molecule is CC(C)(C)OC(=O)N1CCC(C(CI)n2c(-c3ccccc3)nc3ccccc32)CC1. The molecule has 2 aromatic carbocycles. The number of alkyl halides is 1. The van der Waals surface area contributed by atoms with E-state index in [2.05, 4.69) is 69.6 Å². The first kappa shape index (κ1) is 22.1. The molecule has 0 aliphatic carbocycles. The summed E-state index contributed by atoms with van der Waals surface area (Å²) in [5, 5.41) is 0. The Morgan fingerprint density at radius 1 is 1.10 bits per heavy atom. The average molecular weight is 531 g/mol. The van der Waals surface area contributed by atoms with E-state index in [1.165, 1.54) is 5.52 Å². The fraction of sp³-hybridized carbons (Fsp3) is 0.440. The van der Waals surface area contributed by atoms with E-state index in [4.69, 9.17) is 9.72 Å². The van der Waals surface area contributed by atoms with Gasteiger partial charge in [-0.25, -0.2) is 9.78 Å². The second kappa shape index (κ2) is 9.18. The number of rotatable bonds is 4. The third kappa shape index (κ3) is 4.89. The summed E-state index contributed by atoms with van der Waals surface area (Å²) in [4.78, 5) is 19.4. The normalized spacial score (nSPS) is 16.5. The van der Waals surface area contributed by atoms with Crippen LogP contribution >= 0.6 is 22.6 Å². The van der Waals surface area contributed by atoms with Crippen molar-refractivity contribution in [2.24, 2.45) is 5.92 Å². The van der Waals surface area contributed by atoms with Gasteiger partial charge in [-0.05, 0) is 51.7 Å². The van der Waals surface area contributed by atoms with E-state index in [0.29, 0.717) is 12.0 Å². The Labute approximate surface area is 197 Å². The highest BCUT2D eigenvalue weighted by Gasteiger charge is 2.32. The summed E-state index contributed by atoms with van der Waals surface area (Å²) in [6, 6.07) is 19.2. The van der Waals surface area contributed by atoms with Crippen LogP contribution in [0.1, 0.15) is 39.7 Å². The number of hydrogen-bond acceptors (Lipinski definition) is 3. The lowest BCUT2D eigenvalue weighted by Gasteiger charge is -2.37. The predicted molar refractivity (Wildman–Crippen MR) is 134 cm³/mol. The van der Waals surface area contributed by atoms with E-state index in [1.807, 2.05) is 37.8 Å².